The molecule has 0 amide bonds. The van der Waals surface area contributed by atoms with Gasteiger partial charge in [0.05, 0.1) is 16.7 Å². The van der Waals surface area contributed by atoms with Gasteiger partial charge in [-0.05, 0) is 142 Å². The summed E-state index contributed by atoms with van der Waals surface area (Å²) >= 11 is 0. The molecule has 0 bridgehead atoms. The van der Waals surface area contributed by atoms with Gasteiger partial charge in [-0.15, -0.1) is 0 Å². The number of allylic oxidation sites excluding steroid dienone is 7. The Morgan fingerprint density at radius 2 is 1.38 bits per heavy atom. The molecule has 0 aliphatic heterocycles. The molecule has 320 valence electrons. The molecule has 9 aromatic rings. The molecule has 1 heterocycles. The Morgan fingerprint density at radius 3 is 2.20 bits per heavy atom. The van der Waals surface area contributed by atoms with Crippen LogP contribution in [0, 0.1) is 0 Å². The molecule has 0 N–H and O–H groups in total. The molecular formula is C62H50FN3. The number of fused-ring (bicyclic) bond motifs is 6. The molecule has 4 heteroatoms. The van der Waals surface area contributed by atoms with Gasteiger partial charge in [-0.3, -0.25) is 0 Å². The molecule has 1 atom stereocenters. The fourth-order valence-corrected chi connectivity index (χ4v) is 10.9. The molecule has 3 aliphatic carbocycles. The Morgan fingerprint density at radius 1 is 0.621 bits per heavy atom. The lowest BCUT2D eigenvalue weighted by molar-refractivity contribution is 0.400. The van der Waals surface area contributed by atoms with E-state index in [2.05, 4.69) is 216 Å². The van der Waals surface area contributed by atoms with Crippen LogP contribution in [-0.2, 0) is 12.0 Å². The van der Waals surface area contributed by atoms with Gasteiger partial charge >= 0.3 is 0 Å². The molecule has 0 saturated carbocycles. The number of rotatable bonds is 9. The summed E-state index contributed by atoms with van der Waals surface area (Å²) in [7, 11) is 0. The highest BCUT2D eigenvalue weighted by atomic mass is 19.1. The predicted molar refractivity (Wildman–Crippen MR) is 276 cm³/mol. The van der Waals surface area contributed by atoms with Gasteiger partial charge in [0.2, 0.25) is 0 Å². The van der Waals surface area contributed by atoms with Crippen molar-refractivity contribution in [1.29, 1.82) is 0 Å². The number of halogens is 1. The first-order valence-corrected chi connectivity index (χ1v) is 23.3. The molecule has 0 saturated heterocycles. The van der Waals surface area contributed by atoms with E-state index in [9.17, 15) is 4.39 Å². The average Bonchev–Trinajstić information content (AvgIpc) is 3.82. The summed E-state index contributed by atoms with van der Waals surface area (Å²) in [5, 5.41) is 4.82. The second kappa shape index (κ2) is 16.1. The van der Waals surface area contributed by atoms with Crippen molar-refractivity contribution >= 4 is 60.9 Å². The van der Waals surface area contributed by atoms with Gasteiger partial charge in [-0.25, -0.2) is 4.39 Å². The van der Waals surface area contributed by atoms with E-state index in [1.54, 1.807) is 6.08 Å². The standard InChI is InChI=1S/C62H50FN3/c1-62(2)57-23-13-11-21-52(57)53-34-25-42(37-58(53)62)41-64(47-17-5-3-6-18-47)50-33-36-60(65(48-19-7-4-8-20-48)49-31-28-46(63)29-32-49)55(40-50)45-27-35-61-56(39-45)54-22-12-14-24-59(54)66(61)51-30-26-43-15-9-10-16-44(43)38-51/h3-10,12-20,22-28,30-40,46H,11,21,29,41H2,1-2H3. The van der Waals surface area contributed by atoms with E-state index in [-0.39, 0.29) is 5.41 Å². The quantitative estimate of drug-likeness (QED) is 0.143. The number of para-hydroxylation sites is 3. The van der Waals surface area contributed by atoms with Crippen molar-refractivity contribution in [3.05, 3.63) is 240 Å². The van der Waals surface area contributed by atoms with Crippen molar-refractivity contribution in [3.63, 3.8) is 0 Å². The highest BCUT2D eigenvalue weighted by Crippen LogP contribution is 2.51. The summed E-state index contributed by atoms with van der Waals surface area (Å²) in [5.41, 5.74) is 17.8. The van der Waals surface area contributed by atoms with Gasteiger partial charge in [0.25, 0.3) is 0 Å². The lowest BCUT2D eigenvalue weighted by atomic mass is 9.79. The van der Waals surface area contributed by atoms with E-state index in [0.717, 1.165) is 69.1 Å². The summed E-state index contributed by atoms with van der Waals surface area (Å²) < 4.78 is 17.2. The van der Waals surface area contributed by atoms with Crippen LogP contribution in [0.4, 0.5) is 27.1 Å². The fourth-order valence-electron chi connectivity index (χ4n) is 10.9. The number of nitrogens with zero attached hydrogens (tertiary/aromatic N) is 3. The average molecular weight is 856 g/mol. The lowest BCUT2D eigenvalue weighted by Crippen LogP contribution is -2.20. The van der Waals surface area contributed by atoms with Crippen molar-refractivity contribution in [2.24, 2.45) is 0 Å². The molecule has 1 unspecified atom stereocenters. The first kappa shape index (κ1) is 39.9. The maximum atomic E-state index is 14.8. The van der Waals surface area contributed by atoms with Crippen molar-refractivity contribution in [1.82, 2.24) is 4.57 Å². The van der Waals surface area contributed by atoms with Crippen LogP contribution < -0.4 is 9.80 Å². The molecule has 3 nitrogen and oxygen atoms in total. The number of benzene rings is 8. The normalized spacial score (nSPS) is 16.2. The minimum Gasteiger partial charge on any atom is -0.337 e. The molecule has 12 rings (SSSR count). The highest BCUT2D eigenvalue weighted by Gasteiger charge is 2.37. The molecule has 66 heavy (non-hydrogen) atoms. The second-order valence-electron chi connectivity index (χ2n) is 18.5. The van der Waals surface area contributed by atoms with Crippen LogP contribution in [0.2, 0.25) is 0 Å². The Hall–Kier alpha value is -7.69. The number of hydrogen-bond donors (Lipinski definition) is 0. The Balaban J connectivity index is 1.05. The Kier molecular flexibility index (Phi) is 9.71. The smallest absolute Gasteiger partial charge is 0.122 e. The third kappa shape index (κ3) is 6.79. The third-order valence-electron chi connectivity index (χ3n) is 14.1. The molecule has 3 aliphatic rings. The maximum Gasteiger partial charge on any atom is 0.122 e. The van der Waals surface area contributed by atoms with Crippen LogP contribution >= 0.6 is 0 Å². The lowest BCUT2D eigenvalue weighted by Gasteiger charge is -2.32. The highest BCUT2D eigenvalue weighted by molar-refractivity contribution is 6.11. The van der Waals surface area contributed by atoms with Crippen LogP contribution in [0.25, 0.3) is 55.0 Å². The minimum atomic E-state index is -1.00. The van der Waals surface area contributed by atoms with Crippen molar-refractivity contribution < 1.29 is 4.39 Å². The monoisotopic (exact) mass is 855 g/mol. The van der Waals surface area contributed by atoms with E-state index < -0.39 is 6.17 Å². The van der Waals surface area contributed by atoms with Gasteiger partial charge in [0, 0.05) is 63.2 Å². The molecule has 8 aromatic carbocycles. The maximum absolute atomic E-state index is 14.8. The minimum absolute atomic E-state index is 0.0502. The predicted octanol–water partition coefficient (Wildman–Crippen LogP) is 16.7. The van der Waals surface area contributed by atoms with E-state index in [4.69, 9.17) is 0 Å². The van der Waals surface area contributed by atoms with Crippen molar-refractivity contribution in [2.75, 3.05) is 9.80 Å². The molecule has 0 fully saturated rings. The SMILES string of the molecule is CC1(C)C2=C(CCC=C2)c2ccc(CN(c3ccccc3)c3ccc(N(C4=CCC(F)C=C4)c4ccccc4)c(-c4ccc5c(c4)c4ccccc4n5-c4ccc5ccccc5c4)c3)cc21. The first-order valence-electron chi connectivity index (χ1n) is 23.3. The van der Waals surface area contributed by atoms with Gasteiger partial charge in [0.15, 0.2) is 0 Å². The van der Waals surface area contributed by atoms with Crippen LogP contribution in [0.1, 0.15) is 49.8 Å². The van der Waals surface area contributed by atoms with Gasteiger partial charge in [0.1, 0.15) is 6.17 Å². The van der Waals surface area contributed by atoms with Crippen molar-refractivity contribution in [3.8, 4) is 16.8 Å². The third-order valence-corrected chi connectivity index (χ3v) is 14.1. The topological polar surface area (TPSA) is 11.4 Å². The first-order chi connectivity index (χ1) is 32.4. The van der Waals surface area contributed by atoms with E-state index in [1.807, 2.05) is 18.2 Å². The summed E-state index contributed by atoms with van der Waals surface area (Å²) in [6.45, 7) is 5.46. The van der Waals surface area contributed by atoms with Crippen LogP contribution in [0.3, 0.4) is 0 Å². The van der Waals surface area contributed by atoms with Crippen LogP contribution in [0.5, 0.6) is 0 Å². The number of anilines is 4. The summed E-state index contributed by atoms with van der Waals surface area (Å²) in [4.78, 5) is 4.75. The number of alkyl halides is 1. The fraction of sp³-hybridized carbons (Fsp3) is 0.129. The van der Waals surface area contributed by atoms with E-state index in [1.165, 1.54) is 49.4 Å². The van der Waals surface area contributed by atoms with E-state index >= 15 is 0 Å². The van der Waals surface area contributed by atoms with Gasteiger partial charge < -0.3 is 14.4 Å². The molecule has 0 radical (unpaired) electrons. The summed E-state index contributed by atoms with van der Waals surface area (Å²) in [6.07, 6.45) is 11.9. The number of aromatic nitrogens is 1. The summed E-state index contributed by atoms with van der Waals surface area (Å²) in [5.74, 6) is 0. The van der Waals surface area contributed by atoms with Crippen LogP contribution in [-0.4, -0.2) is 10.7 Å². The Labute approximate surface area is 386 Å². The van der Waals surface area contributed by atoms with Crippen molar-refractivity contribution in [2.45, 2.75) is 51.2 Å². The zero-order valence-electron chi connectivity index (χ0n) is 37.3. The molecular weight excluding hydrogens is 806 g/mol. The molecule has 1 aromatic heterocycles. The summed E-state index contributed by atoms with van der Waals surface area (Å²) in [6, 6.07) is 66.3. The van der Waals surface area contributed by atoms with Crippen LogP contribution in [0.15, 0.2) is 224 Å². The molecule has 0 spiro atoms. The Bertz CT molecular complexity index is 3480. The second-order valence-corrected chi connectivity index (χ2v) is 18.5. The zero-order valence-corrected chi connectivity index (χ0v) is 37.3. The zero-order chi connectivity index (χ0) is 44.4. The van der Waals surface area contributed by atoms with E-state index in [0.29, 0.717) is 13.0 Å². The largest absolute Gasteiger partial charge is 0.337 e. The number of hydrogen-bond acceptors (Lipinski definition) is 2. The van der Waals surface area contributed by atoms with Gasteiger partial charge in [-0.2, -0.15) is 0 Å². The van der Waals surface area contributed by atoms with Gasteiger partial charge in [-0.1, -0.05) is 141 Å².